The van der Waals surface area contributed by atoms with Gasteiger partial charge in [-0.05, 0) is 110 Å². The van der Waals surface area contributed by atoms with Gasteiger partial charge >= 0.3 is 25.6 Å². The molecule has 6 aromatic rings. The number of carbonyl (C=O) groups is 5. The zero-order chi connectivity index (χ0) is 67.5. The van der Waals surface area contributed by atoms with Crippen molar-refractivity contribution in [2.45, 2.75) is 135 Å². The van der Waals surface area contributed by atoms with Crippen molar-refractivity contribution in [1.29, 1.82) is 0 Å². The van der Waals surface area contributed by atoms with Crippen molar-refractivity contribution in [3.63, 3.8) is 0 Å². The highest BCUT2D eigenvalue weighted by Crippen LogP contribution is 2.46. The molecule has 27 nitrogen and oxygen atoms in total. The molecule has 5 aromatic carbocycles. The van der Waals surface area contributed by atoms with Crippen LogP contribution in [0.25, 0.3) is 32.7 Å². The van der Waals surface area contributed by atoms with E-state index in [1.807, 2.05) is 72.2 Å². The number of rotatable bonds is 31. The molecule has 0 bridgehead atoms. The molecule has 4 unspecified atom stereocenters. The van der Waals surface area contributed by atoms with E-state index in [1.165, 1.54) is 18.3 Å². The number of anilines is 1. The van der Waals surface area contributed by atoms with Crippen molar-refractivity contribution in [3.05, 3.63) is 144 Å². The lowest BCUT2D eigenvalue weighted by Gasteiger charge is -2.25. The van der Waals surface area contributed by atoms with E-state index in [2.05, 4.69) is 58.6 Å². The Morgan fingerprint density at radius 3 is 2.01 bits per heavy atom. The van der Waals surface area contributed by atoms with Crippen LogP contribution in [0.4, 0.5) is 10.6 Å². The number of fused-ring (bicyclic) bond motifs is 2. The van der Waals surface area contributed by atoms with Crippen LogP contribution in [-0.4, -0.2) is 135 Å². The van der Waals surface area contributed by atoms with Crippen molar-refractivity contribution in [2.24, 2.45) is 16.1 Å². The average molecular weight is 1310 g/mol. The molecule has 4 amide bonds. The monoisotopic (exact) mass is 1310 g/mol. The number of esters is 1. The van der Waals surface area contributed by atoms with Gasteiger partial charge in [0.25, 0.3) is 5.91 Å². The maximum atomic E-state index is 14.7. The maximum Gasteiger partial charge on any atom is 0.493 e. The molecular weight excluding hydrogens is 1220 g/mol. The Balaban J connectivity index is 1.08. The number of nitrogens with zero attached hydrogens (tertiary/aromatic N) is 3. The lowest BCUT2D eigenvalue weighted by atomic mass is 9.92. The van der Waals surface area contributed by atoms with Gasteiger partial charge in [0.15, 0.2) is 12.8 Å². The SMILES string of the molecule is C=CCC(NC(=O)C(CCCN=C(N)NOP(=O)(O)OC[C@H]1O[C@@H](n2ccc(N)nc2=O)[C@H](O)[C@@H]1O)NC(=O)C(CCCCNC(=O)OC(C)(C)C)NC(=O)COc1ccc2ccccc2c1-c1c(OCC(C)(C)C)ccc2ccccc12)C(=O)OCc1ccccc1. The Labute approximate surface area is 538 Å². The van der Waals surface area contributed by atoms with Gasteiger partial charge in [0, 0.05) is 30.4 Å². The number of phosphoric ester groups is 1. The smallest absolute Gasteiger partial charge is 0.492 e. The number of nitrogens with one attached hydrogen (secondary N) is 5. The average Bonchev–Trinajstić information content (AvgIpc) is 1.20. The number of aromatic nitrogens is 2. The number of unbranched alkanes of at least 4 members (excludes halogenated alkanes) is 1. The highest BCUT2D eigenvalue weighted by molar-refractivity contribution is 7.47. The molecule has 0 aliphatic carbocycles. The third-order valence-electron chi connectivity index (χ3n) is 14.2. The summed E-state index contributed by atoms with van der Waals surface area (Å²) in [6.07, 6.45) is -3.93. The van der Waals surface area contributed by atoms with Crippen LogP contribution in [0.1, 0.15) is 91.9 Å². The van der Waals surface area contributed by atoms with Gasteiger partial charge in [-0.2, -0.15) is 9.61 Å². The molecule has 7 rings (SSSR count). The second-order valence-corrected chi connectivity index (χ2v) is 25.6. The summed E-state index contributed by atoms with van der Waals surface area (Å²) in [6.45, 7) is 14.0. The third kappa shape index (κ3) is 21.6. The summed E-state index contributed by atoms with van der Waals surface area (Å²) in [5.74, 6) is -2.79. The van der Waals surface area contributed by atoms with Crippen molar-refractivity contribution in [1.82, 2.24) is 36.3 Å². The second kappa shape index (κ2) is 33.1. The fraction of sp³-hybridized carbons (Fsp3) is 0.415. The summed E-state index contributed by atoms with van der Waals surface area (Å²) >= 11 is 0. The number of hydrogen-bond acceptors (Lipinski definition) is 19. The fourth-order valence-electron chi connectivity index (χ4n) is 9.75. The minimum atomic E-state index is -5.05. The number of carbonyl (C=O) groups excluding carboxylic acids is 5. The van der Waals surface area contributed by atoms with Gasteiger partial charge in [-0.3, -0.25) is 28.5 Å². The molecule has 1 aromatic heterocycles. The van der Waals surface area contributed by atoms with Crippen LogP contribution < -0.4 is 53.4 Å². The molecule has 28 heteroatoms. The number of hydrogen-bond donors (Lipinski definition) is 10. The Kier molecular flexibility index (Phi) is 25.4. The van der Waals surface area contributed by atoms with Crippen molar-refractivity contribution >= 4 is 70.9 Å². The molecule has 1 saturated heterocycles. The van der Waals surface area contributed by atoms with Crippen LogP contribution in [0.2, 0.25) is 0 Å². The molecule has 8 atom stereocenters. The zero-order valence-corrected chi connectivity index (χ0v) is 53.7. The van der Waals surface area contributed by atoms with E-state index < -0.39 is 111 Å². The molecule has 93 heavy (non-hydrogen) atoms. The molecule has 12 N–H and O–H groups in total. The van der Waals surface area contributed by atoms with E-state index in [0.717, 1.165) is 31.7 Å². The number of aliphatic hydroxyl groups excluding tert-OH is 2. The molecular formula is C65H83N10O17P. The zero-order valence-electron chi connectivity index (χ0n) is 52.8. The van der Waals surface area contributed by atoms with E-state index in [0.29, 0.717) is 35.7 Å². The summed E-state index contributed by atoms with van der Waals surface area (Å²) in [5.41, 5.74) is 13.8. The van der Waals surface area contributed by atoms with Crippen LogP contribution in [0, 0.1) is 5.41 Å². The number of ether oxygens (including phenoxy) is 5. The molecule has 0 saturated carbocycles. The van der Waals surface area contributed by atoms with Crippen LogP contribution >= 0.6 is 7.82 Å². The highest BCUT2D eigenvalue weighted by atomic mass is 31.2. The van der Waals surface area contributed by atoms with E-state index in [-0.39, 0.29) is 63.0 Å². The van der Waals surface area contributed by atoms with Gasteiger partial charge in [0.05, 0.1) is 13.2 Å². The Morgan fingerprint density at radius 1 is 0.785 bits per heavy atom. The number of alkyl carbamates (subject to hydrolysis) is 1. The van der Waals surface area contributed by atoms with Gasteiger partial charge in [-0.1, -0.05) is 118 Å². The Bertz CT molecular complexity index is 3710. The number of nitrogen functional groups attached to an aromatic ring is 1. The second-order valence-electron chi connectivity index (χ2n) is 24.2. The summed E-state index contributed by atoms with van der Waals surface area (Å²) in [7, 11) is -5.05. The van der Waals surface area contributed by atoms with Gasteiger partial charge in [0.1, 0.15) is 66.0 Å². The summed E-state index contributed by atoms with van der Waals surface area (Å²) in [4.78, 5) is 100. The molecule has 1 aliphatic rings. The molecule has 500 valence electrons. The number of aliphatic hydroxyl groups is 2. The standard InChI is InChI=1S/C65H83N10O17P/c1-8-19-47(60(81)87-36-40-20-10-9-11-21-40)72-58(80)46(27-18-34-68-61(67)74-92-93(84,85)89-37-50-55(77)56(78)59(90-50)75-35-32-51(66)73-62(75)82)71-57(79)45(26-16-17-33-69-63(83)91-65(5,6)7)70-52(76)38-86-48-30-28-41-22-12-14-24-43(41)53(48)54-44-25-15-13-23-42(44)29-31-49(54)88-39-64(2,3)4/h8-15,20-25,28-32,35,45-47,50,55-56,59,77-78H,1,16-19,26-27,33-34,36-39H2,2-7H3,(H,69,83)(H,70,76)(H,71,79)(H,72,80)(H,84,85)(H2,66,73,82)(H3,67,68,74)/t45?,46?,47?,50-,55-,56-,59-/m1/s1. The number of amides is 4. The first-order valence-electron chi connectivity index (χ1n) is 30.2. The quantitative estimate of drug-likeness (QED) is 0.00445. The van der Waals surface area contributed by atoms with Gasteiger partial charge < -0.3 is 71.5 Å². The summed E-state index contributed by atoms with van der Waals surface area (Å²) < 4.78 is 53.0. The van der Waals surface area contributed by atoms with Crippen LogP contribution in [0.15, 0.2) is 138 Å². The number of aliphatic imine (C=N–C) groups is 1. The number of benzene rings is 5. The molecule has 0 radical (unpaired) electrons. The van der Waals surface area contributed by atoms with Gasteiger partial charge in [-0.15, -0.1) is 6.58 Å². The van der Waals surface area contributed by atoms with Crippen LogP contribution in [-0.2, 0) is 53.7 Å². The van der Waals surface area contributed by atoms with E-state index >= 15 is 0 Å². The topological polar surface area (TPSA) is 387 Å². The predicted octanol–water partition coefficient (Wildman–Crippen LogP) is 6.12. The number of phosphoric acid groups is 1. The van der Waals surface area contributed by atoms with E-state index in [1.54, 1.807) is 57.2 Å². The van der Waals surface area contributed by atoms with Crippen molar-refractivity contribution in [3.8, 4) is 22.6 Å². The van der Waals surface area contributed by atoms with Crippen LogP contribution in [0.3, 0.4) is 0 Å². The molecule has 2 heterocycles. The number of hydroxylamine groups is 1. The highest BCUT2D eigenvalue weighted by Gasteiger charge is 2.45. The first kappa shape index (κ1) is 71.5. The summed E-state index contributed by atoms with van der Waals surface area (Å²) in [5, 5.41) is 35.6. The van der Waals surface area contributed by atoms with Crippen molar-refractivity contribution < 1.29 is 76.5 Å². The maximum absolute atomic E-state index is 14.7. The normalized spacial score (nSPS) is 17.5. The Hall–Kier alpha value is -8.95. The van der Waals surface area contributed by atoms with Crippen LogP contribution in [0.5, 0.6) is 11.5 Å². The third-order valence-corrected chi connectivity index (χ3v) is 15.0. The summed E-state index contributed by atoms with van der Waals surface area (Å²) in [6, 6.07) is 29.4. The number of nitrogens with two attached hydrogens (primary N) is 2. The largest absolute Gasteiger partial charge is 0.493 e. The minimum Gasteiger partial charge on any atom is -0.492 e. The van der Waals surface area contributed by atoms with Gasteiger partial charge in [-0.25, -0.2) is 24.4 Å². The molecule has 1 fully saturated rings. The van der Waals surface area contributed by atoms with Gasteiger partial charge in [0.2, 0.25) is 17.8 Å². The lowest BCUT2D eigenvalue weighted by Crippen LogP contribution is -2.56. The lowest BCUT2D eigenvalue weighted by molar-refractivity contribution is -0.149. The van der Waals surface area contributed by atoms with Crippen molar-refractivity contribution in [2.75, 3.05) is 38.6 Å². The van der Waals surface area contributed by atoms with E-state index in [9.17, 15) is 48.4 Å². The minimum absolute atomic E-state index is 0.00282. The predicted molar refractivity (Wildman–Crippen MR) is 347 cm³/mol. The first-order valence-corrected chi connectivity index (χ1v) is 31.7. The Morgan fingerprint density at radius 2 is 1.39 bits per heavy atom. The molecule has 1 aliphatic heterocycles. The molecule has 0 spiro atoms. The first-order chi connectivity index (χ1) is 44.2. The number of guanidine groups is 1. The fourth-order valence-corrected chi connectivity index (χ4v) is 10.3. The van der Waals surface area contributed by atoms with E-state index in [4.69, 9.17) is 44.3 Å².